The highest BCUT2D eigenvalue weighted by Gasteiger charge is 2.48. The first-order valence-corrected chi connectivity index (χ1v) is 11.0. The van der Waals surface area contributed by atoms with Crippen molar-refractivity contribution in [1.82, 2.24) is 10.2 Å². The number of Topliss-reactive ketones (excluding diaryl/α,β-unsaturated/α-hetero) is 1. The number of nitrogens with zero attached hydrogens (tertiary/aromatic N) is 3. The number of amides is 1. The first-order valence-electron chi connectivity index (χ1n) is 9.28. The molecule has 1 aliphatic rings. The van der Waals surface area contributed by atoms with E-state index in [1.165, 1.54) is 27.6 Å². The van der Waals surface area contributed by atoms with Gasteiger partial charge in [0.25, 0.3) is 5.78 Å². The fraction of sp³-hybridized carbons (Fsp3) is 0.238. The van der Waals surface area contributed by atoms with E-state index in [4.69, 9.17) is 4.74 Å². The number of aliphatic hydroxyl groups is 1. The predicted molar refractivity (Wildman–Crippen MR) is 116 cm³/mol. The molecule has 7 nitrogen and oxygen atoms in total. The number of carbonyl (C=O) groups excluding carboxylic acids is 2. The van der Waals surface area contributed by atoms with Crippen LogP contribution in [0.2, 0.25) is 0 Å². The van der Waals surface area contributed by atoms with Crippen molar-refractivity contribution in [2.24, 2.45) is 0 Å². The second-order valence-electron chi connectivity index (χ2n) is 6.98. The van der Waals surface area contributed by atoms with Gasteiger partial charge in [0.1, 0.15) is 22.6 Å². The summed E-state index contributed by atoms with van der Waals surface area (Å²) in [6, 6.07) is 9.68. The third-order valence-corrected chi connectivity index (χ3v) is 6.24. The molecular formula is C21H19N3O4S2. The molecule has 3 heterocycles. The van der Waals surface area contributed by atoms with Crippen molar-refractivity contribution in [3.05, 3.63) is 62.8 Å². The minimum absolute atomic E-state index is 0.0176. The number of ketones is 1. The first-order chi connectivity index (χ1) is 14.4. The average molecular weight is 442 g/mol. The van der Waals surface area contributed by atoms with Crippen LogP contribution in [0.15, 0.2) is 47.4 Å². The molecule has 0 bridgehead atoms. The van der Waals surface area contributed by atoms with E-state index in [2.05, 4.69) is 10.2 Å². The molecule has 1 aromatic carbocycles. The molecule has 0 radical (unpaired) electrons. The summed E-state index contributed by atoms with van der Waals surface area (Å²) in [5.74, 6) is -1.06. The number of aliphatic hydroxyl groups excluding tert-OH is 1. The van der Waals surface area contributed by atoms with Gasteiger partial charge in [-0.05, 0) is 56.5 Å². The van der Waals surface area contributed by atoms with Crippen molar-refractivity contribution in [3.8, 4) is 5.75 Å². The smallest absolute Gasteiger partial charge is 0.301 e. The summed E-state index contributed by atoms with van der Waals surface area (Å²) in [5.41, 5.74) is 0.465. The summed E-state index contributed by atoms with van der Waals surface area (Å²) in [5, 5.41) is 21.9. The molecule has 0 aliphatic carbocycles. The van der Waals surface area contributed by atoms with Crippen molar-refractivity contribution >= 4 is 45.3 Å². The van der Waals surface area contributed by atoms with Crippen LogP contribution in [0.1, 0.15) is 35.3 Å². The summed E-state index contributed by atoms with van der Waals surface area (Å²) in [6.07, 6.45) is 0.0176. The number of benzene rings is 1. The van der Waals surface area contributed by atoms with Crippen LogP contribution in [0, 0.1) is 6.92 Å². The lowest BCUT2D eigenvalue weighted by molar-refractivity contribution is -0.132. The lowest BCUT2D eigenvalue weighted by Gasteiger charge is -2.21. The highest BCUT2D eigenvalue weighted by molar-refractivity contribution is 7.15. The Bertz CT molecular complexity index is 1120. The largest absolute Gasteiger partial charge is 0.507 e. The molecular weight excluding hydrogens is 422 g/mol. The minimum atomic E-state index is -0.760. The molecule has 30 heavy (non-hydrogen) atoms. The molecule has 9 heteroatoms. The number of thiophene rings is 1. The van der Waals surface area contributed by atoms with E-state index in [1.54, 1.807) is 31.2 Å². The van der Waals surface area contributed by atoms with Crippen LogP contribution in [0.5, 0.6) is 5.75 Å². The fourth-order valence-electron chi connectivity index (χ4n) is 3.25. The van der Waals surface area contributed by atoms with Crippen LogP contribution >= 0.6 is 22.7 Å². The maximum absolute atomic E-state index is 13.0. The number of hydrogen-bond acceptors (Lipinski definition) is 8. The van der Waals surface area contributed by atoms with E-state index in [0.29, 0.717) is 21.5 Å². The zero-order valence-corrected chi connectivity index (χ0v) is 18.2. The van der Waals surface area contributed by atoms with Gasteiger partial charge >= 0.3 is 5.91 Å². The molecule has 1 atom stereocenters. The van der Waals surface area contributed by atoms with Crippen LogP contribution in [-0.4, -0.2) is 33.1 Å². The maximum atomic E-state index is 13.0. The summed E-state index contributed by atoms with van der Waals surface area (Å²) >= 11 is 2.62. The molecule has 3 aromatic rings. The number of hydrogen-bond donors (Lipinski definition) is 1. The second-order valence-corrected chi connectivity index (χ2v) is 9.12. The van der Waals surface area contributed by atoms with Gasteiger partial charge in [-0.3, -0.25) is 14.5 Å². The highest BCUT2D eigenvalue weighted by Crippen LogP contribution is 2.44. The summed E-state index contributed by atoms with van der Waals surface area (Å²) < 4.78 is 5.63. The van der Waals surface area contributed by atoms with Crippen LogP contribution in [0.25, 0.3) is 5.76 Å². The van der Waals surface area contributed by atoms with E-state index in [0.717, 1.165) is 4.88 Å². The standard InChI is InChI=1S/C21H19N3O4S2/c1-11(2)28-14-8-6-13(7-9-14)18(25)16-17(15-5-4-10-29-15)24(20(27)19(16)26)21-23-22-12(3)30-21/h4-11,17,25H,1-3H3/b18-16+/t17-/m0/s1. The monoisotopic (exact) mass is 441 g/mol. The lowest BCUT2D eigenvalue weighted by Crippen LogP contribution is -2.29. The van der Waals surface area contributed by atoms with Gasteiger partial charge in [-0.1, -0.05) is 17.4 Å². The number of anilines is 1. The summed E-state index contributed by atoms with van der Waals surface area (Å²) in [6.45, 7) is 5.62. The van der Waals surface area contributed by atoms with Gasteiger partial charge in [0.2, 0.25) is 5.13 Å². The number of carbonyl (C=O) groups is 2. The Morgan fingerprint density at radius 1 is 1.17 bits per heavy atom. The maximum Gasteiger partial charge on any atom is 0.301 e. The molecule has 4 rings (SSSR count). The quantitative estimate of drug-likeness (QED) is 0.360. The predicted octanol–water partition coefficient (Wildman–Crippen LogP) is 4.32. The highest BCUT2D eigenvalue weighted by atomic mass is 32.1. The van der Waals surface area contributed by atoms with Gasteiger partial charge in [0.05, 0.1) is 11.7 Å². The summed E-state index contributed by atoms with van der Waals surface area (Å²) in [7, 11) is 0. The molecule has 0 spiro atoms. The Morgan fingerprint density at radius 2 is 1.90 bits per heavy atom. The van der Waals surface area contributed by atoms with Crippen LogP contribution in [0.4, 0.5) is 5.13 Å². The SMILES string of the molecule is Cc1nnc(N2C(=O)C(=O)/C(=C(/O)c3ccc(OC(C)C)cc3)[C@@H]2c2cccs2)s1. The Balaban J connectivity index is 1.82. The number of aryl methyl sites for hydroxylation is 1. The molecule has 1 aliphatic heterocycles. The van der Waals surface area contributed by atoms with E-state index in [-0.39, 0.29) is 17.4 Å². The molecule has 1 saturated heterocycles. The Kier molecular flexibility index (Phi) is 5.40. The lowest BCUT2D eigenvalue weighted by atomic mass is 10.00. The topological polar surface area (TPSA) is 92.6 Å². The Hall–Kier alpha value is -3.04. The van der Waals surface area contributed by atoms with Crippen molar-refractivity contribution < 1.29 is 19.4 Å². The van der Waals surface area contributed by atoms with Crippen molar-refractivity contribution in [2.75, 3.05) is 4.90 Å². The third kappa shape index (κ3) is 3.61. The fourth-order valence-corrected chi connectivity index (χ4v) is 4.79. The van der Waals surface area contributed by atoms with Gasteiger partial charge in [0, 0.05) is 10.4 Å². The van der Waals surface area contributed by atoms with E-state index in [1.807, 2.05) is 31.4 Å². The van der Waals surface area contributed by atoms with Crippen molar-refractivity contribution in [3.63, 3.8) is 0 Å². The van der Waals surface area contributed by atoms with Gasteiger partial charge in [0.15, 0.2) is 0 Å². The van der Waals surface area contributed by atoms with Gasteiger partial charge in [-0.2, -0.15) is 0 Å². The zero-order valence-electron chi connectivity index (χ0n) is 16.5. The van der Waals surface area contributed by atoms with E-state index < -0.39 is 17.7 Å². The molecule has 1 N–H and O–H groups in total. The van der Waals surface area contributed by atoms with Gasteiger partial charge < -0.3 is 9.84 Å². The van der Waals surface area contributed by atoms with Crippen LogP contribution in [-0.2, 0) is 9.59 Å². The molecule has 1 amide bonds. The van der Waals surface area contributed by atoms with E-state index in [9.17, 15) is 14.7 Å². The number of ether oxygens (including phenoxy) is 1. The molecule has 154 valence electrons. The Labute approximate surface area is 181 Å². The first kappa shape index (κ1) is 20.2. The third-order valence-electron chi connectivity index (χ3n) is 4.48. The molecule has 2 aromatic heterocycles. The number of rotatable bonds is 5. The van der Waals surface area contributed by atoms with Crippen LogP contribution in [0.3, 0.4) is 0 Å². The normalized spacial score (nSPS) is 18.4. The van der Waals surface area contributed by atoms with Crippen molar-refractivity contribution in [1.29, 1.82) is 0 Å². The Morgan fingerprint density at radius 3 is 2.47 bits per heavy atom. The molecule has 1 fully saturated rings. The second kappa shape index (κ2) is 8.00. The van der Waals surface area contributed by atoms with Crippen LogP contribution < -0.4 is 9.64 Å². The van der Waals surface area contributed by atoms with E-state index >= 15 is 0 Å². The average Bonchev–Trinajstić information content (AvgIpc) is 3.43. The minimum Gasteiger partial charge on any atom is -0.507 e. The zero-order chi connectivity index (χ0) is 21.4. The van der Waals surface area contributed by atoms with Crippen molar-refractivity contribution in [2.45, 2.75) is 32.9 Å². The van der Waals surface area contributed by atoms with Gasteiger partial charge in [-0.15, -0.1) is 21.5 Å². The molecule has 0 unspecified atom stereocenters. The summed E-state index contributed by atoms with van der Waals surface area (Å²) in [4.78, 5) is 27.9. The molecule has 0 saturated carbocycles. The van der Waals surface area contributed by atoms with Gasteiger partial charge in [-0.25, -0.2) is 0 Å². The number of aromatic nitrogens is 2.